The zero-order valence-corrected chi connectivity index (χ0v) is 12.3. The molecule has 0 aliphatic carbocycles. The molecule has 2 amide bonds. The molecule has 0 heterocycles. The Bertz CT molecular complexity index is 256. The molecule has 0 saturated carbocycles. The molecule has 6 heteroatoms. The average Bonchev–Trinajstić information content (AvgIpc) is 2.33. The van der Waals surface area contributed by atoms with Gasteiger partial charge in [0.1, 0.15) is 6.04 Å². The number of hydrogen-bond donors (Lipinski definition) is 2. The Morgan fingerprint density at radius 3 is 2.22 bits per heavy atom. The topological polar surface area (TPSA) is 69.6 Å². The first-order chi connectivity index (χ1) is 8.56. The third kappa shape index (κ3) is 6.74. The maximum absolute atomic E-state index is 11.9. The van der Waals surface area contributed by atoms with Gasteiger partial charge in [0.05, 0.1) is 0 Å². The van der Waals surface area contributed by atoms with Crippen molar-refractivity contribution in [2.75, 3.05) is 25.1 Å². The van der Waals surface area contributed by atoms with Gasteiger partial charge in [0, 0.05) is 13.1 Å². The van der Waals surface area contributed by atoms with Gasteiger partial charge in [-0.3, -0.25) is 0 Å². The van der Waals surface area contributed by atoms with Crippen LogP contribution in [-0.2, 0) is 4.79 Å². The highest BCUT2D eigenvalue weighted by Gasteiger charge is 2.21. The summed E-state index contributed by atoms with van der Waals surface area (Å²) in [6.45, 7) is 5.32. The van der Waals surface area contributed by atoms with E-state index in [1.807, 2.05) is 20.1 Å². The van der Waals surface area contributed by atoms with Crippen LogP contribution in [0, 0.1) is 0 Å². The van der Waals surface area contributed by atoms with E-state index < -0.39 is 12.0 Å². The molecule has 0 unspecified atom stereocenters. The maximum Gasteiger partial charge on any atom is 0.326 e. The largest absolute Gasteiger partial charge is 0.480 e. The normalized spacial score (nSPS) is 11.9. The second kappa shape index (κ2) is 10.1. The number of amides is 2. The van der Waals surface area contributed by atoms with E-state index in [9.17, 15) is 9.59 Å². The number of carboxylic acids is 1. The fourth-order valence-electron chi connectivity index (χ4n) is 1.59. The second-order valence-corrected chi connectivity index (χ2v) is 5.09. The molecule has 5 nitrogen and oxygen atoms in total. The summed E-state index contributed by atoms with van der Waals surface area (Å²) in [5.41, 5.74) is 0. The van der Waals surface area contributed by atoms with Gasteiger partial charge in [-0.25, -0.2) is 9.59 Å². The van der Waals surface area contributed by atoms with Crippen molar-refractivity contribution >= 4 is 23.8 Å². The predicted molar refractivity (Wildman–Crippen MR) is 75.1 cm³/mol. The Morgan fingerprint density at radius 1 is 1.28 bits per heavy atom. The van der Waals surface area contributed by atoms with Crippen LogP contribution in [0.5, 0.6) is 0 Å². The van der Waals surface area contributed by atoms with Crippen LogP contribution < -0.4 is 5.32 Å². The number of aliphatic carboxylic acids is 1. The number of carbonyl (C=O) groups excluding carboxylic acids is 1. The van der Waals surface area contributed by atoms with Crippen LogP contribution in [0.25, 0.3) is 0 Å². The molecule has 0 bridgehead atoms. The number of rotatable bonds is 9. The van der Waals surface area contributed by atoms with Crippen LogP contribution in [-0.4, -0.2) is 53.1 Å². The van der Waals surface area contributed by atoms with Gasteiger partial charge in [-0.2, -0.15) is 11.8 Å². The number of carboxylic acid groups (broad SMARTS) is 1. The van der Waals surface area contributed by atoms with E-state index in [1.165, 1.54) is 0 Å². The van der Waals surface area contributed by atoms with E-state index in [4.69, 9.17) is 5.11 Å². The molecule has 0 rings (SSSR count). The van der Waals surface area contributed by atoms with Crippen LogP contribution in [0.15, 0.2) is 0 Å². The number of nitrogens with zero attached hydrogens (tertiary/aromatic N) is 1. The third-order valence-corrected chi connectivity index (χ3v) is 3.12. The van der Waals surface area contributed by atoms with E-state index in [1.54, 1.807) is 16.7 Å². The van der Waals surface area contributed by atoms with Crippen molar-refractivity contribution in [3.8, 4) is 0 Å². The predicted octanol–water partition coefficient (Wildman–Crippen LogP) is 2.02. The van der Waals surface area contributed by atoms with Crippen molar-refractivity contribution in [1.82, 2.24) is 10.2 Å². The lowest BCUT2D eigenvalue weighted by Crippen LogP contribution is -2.48. The monoisotopic (exact) mass is 276 g/mol. The number of hydrogen-bond acceptors (Lipinski definition) is 3. The number of urea groups is 1. The molecular weight excluding hydrogens is 252 g/mol. The minimum atomic E-state index is -0.967. The van der Waals surface area contributed by atoms with Crippen LogP contribution in [0.1, 0.15) is 33.1 Å². The van der Waals surface area contributed by atoms with Crippen molar-refractivity contribution in [2.45, 2.75) is 39.2 Å². The first-order valence-corrected chi connectivity index (χ1v) is 7.73. The smallest absolute Gasteiger partial charge is 0.326 e. The van der Waals surface area contributed by atoms with Gasteiger partial charge in [0.25, 0.3) is 0 Å². The fraction of sp³-hybridized carbons (Fsp3) is 0.833. The summed E-state index contributed by atoms with van der Waals surface area (Å²) in [7, 11) is 0. The number of carbonyl (C=O) groups is 2. The summed E-state index contributed by atoms with van der Waals surface area (Å²) >= 11 is 1.58. The number of nitrogens with one attached hydrogen (secondary N) is 1. The molecule has 0 aromatic heterocycles. The van der Waals surface area contributed by atoms with Gasteiger partial charge in [0.15, 0.2) is 0 Å². The standard InChI is InChI=1S/C12H24N2O3S/c1-4-7-14(8-5-2)12(17)13-10(11(15)16)6-9-18-3/h10H,4-9H2,1-3H3,(H,13,17)(H,15,16)/t10-/m1/s1. The van der Waals surface area contributed by atoms with Gasteiger partial charge < -0.3 is 15.3 Å². The number of thioether (sulfide) groups is 1. The molecule has 2 N–H and O–H groups in total. The van der Waals surface area contributed by atoms with Crippen molar-refractivity contribution in [3.05, 3.63) is 0 Å². The molecule has 106 valence electrons. The molecule has 0 aromatic carbocycles. The van der Waals surface area contributed by atoms with Gasteiger partial charge in [-0.15, -0.1) is 0 Å². The Morgan fingerprint density at radius 2 is 1.83 bits per heavy atom. The van der Waals surface area contributed by atoms with Gasteiger partial charge in [0.2, 0.25) is 0 Å². The summed E-state index contributed by atoms with van der Waals surface area (Å²) < 4.78 is 0. The highest BCUT2D eigenvalue weighted by atomic mass is 32.2. The molecule has 1 atom stereocenters. The highest BCUT2D eigenvalue weighted by molar-refractivity contribution is 7.98. The van der Waals surface area contributed by atoms with E-state index in [2.05, 4.69) is 5.32 Å². The van der Waals surface area contributed by atoms with Crippen molar-refractivity contribution in [2.24, 2.45) is 0 Å². The average molecular weight is 276 g/mol. The van der Waals surface area contributed by atoms with Crippen molar-refractivity contribution in [1.29, 1.82) is 0 Å². The quantitative estimate of drug-likeness (QED) is 0.676. The minimum absolute atomic E-state index is 0.271. The van der Waals surface area contributed by atoms with Crippen LogP contribution >= 0.6 is 11.8 Å². The molecule has 0 radical (unpaired) electrons. The maximum atomic E-state index is 11.9. The summed E-state index contributed by atoms with van der Waals surface area (Å²) in [4.78, 5) is 24.7. The summed E-state index contributed by atoms with van der Waals surface area (Å²) in [6, 6.07) is -1.06. The molecule has 0 aliphatic rings. The first kappa shape index (κ1) is 17.1. The molecule has 0 spiro atoms. The van der Waals surface area contributed by atoms with E-state index in [0.29, 0.717) is 19.5 Å². The molecule has 0 fully saturated rings. The van der Waals surface area contributed by atoms with Gasteiger partial charge >= 0.3 is 12.0 Å². The van der Waals surface area contributed by atoms with Crippen molar-refractivity contribution in [3.63, 3.8) is 0 Å². The van der Waals surface area contributed by atoms with E-state index in [-0.39, 0.29) is 6.03 Å². The van der Waals surface area contributed by atoms with Crippen LogP contribution in [0.2, 0.25) is 0 Å². The lowest BCUT2D eigenvalue weighted by molar-refractivity contribution is -0.139. The second-order valence-electron chi connectivity index (χ2n) is 4.11. The van der Waals surface area contributed by atoms with E-state index >= 15 is 0 Å². The van der Waals surface area contributed by atoms with Gasteiger partial charge in [-0.1, -0.05) is 13.8 Å². The third-order valence-electron chi connectivity index (χ3n) is 2.48. The highest BCUT2D eigenvalue weighted by Crippen LogP contribution is 2.03. The van der Waals surface area contributed by atoms with Gasteiger partial charge in [-0.05, 0) is 31.3 Å². The first-order valence-electron chi connectivity index (χ1n) is 6.33. The summed E-state index contributed by atoms with van der Waals surface area (Å²) in [6.07, 6.45) is 4.11. The summed E-state index contributed by atoms with van der Waals surface area (Å²) in [5.74, 6) is -0.246. The lowest BCUT2D eigenvalue weighted by Gasteiger charge is -2.24. The minimum Gasteiger partial charge on any atom is -0.480 e. The Hall–Kier alpha value is -0.910. The Labute approximate surface area is 113 Å². The van der Waals surface area contributed by atoms with E-state index in [0.717, 1.165) is 18.6 Å². The fourth-order valence-corrected chi connectivity index (χ4v) is 2.06. The molecule has 0 saturated heterocycles. The molecule has 0 aromatic rings. The zero-order chi connectivity index (χ0) is 14.0. The Kier molecular flexibility index (Phi) is 9.55. The lowest BCUT2D eigenvalue weighted by atomic mass is 10.2. The molecular formula is C12H24N2O3S. The SMILES string of the molecule is CCCN(CCC)C(=O)N[C@H](CCSC)C(=O)O. The molecule has 18 heavy (non-hydrogen) atoms. The van der Waals surface area contributed by atoms with Crippen LogP contribution in [0.4, 0.5) is 4.79 Å². The zero-order valence-electron chi connectivity index (χ0n) is 11.4. The molecule has 0 aliphatic heterocycles. The van der Waals surface area contributed by atoms with Crippen LogP contribution in [0.3, 0.4) is 0 Å². The summed E-state index contributed by atoms with van der Waals surface area (Å²) in [5, 5.41) is 11.6. The Balaban J connectivity index is 4.39. The van der Waals surface area contributed by atoms with Crippen molar-refractivity contribution < 1.29 is 14.7 Å².